The van der Waals surface area contributed by atoms with Crippen LogP contribution >= 0.6 is 0 Å². The molecule has 7 heteroatoms. The fraction of sp³-hybridized carbons (Fsp3) is 0.526. The second-order valence-corrected chi connectivity index (χ2v) is 7.22. The molecule has 1 saturated heterocycles. The van der Waals surface area contributed by atoms with Crippen LogP contribution < -0.4 is 5.48 Å². The van der Waals surface area contributed by atoms with Gasteiger partial charge in [-0.3, -0.25) is 19.6 Å². The Balaban J connectivity index is 2.06. The van der Waals surface area contributed by atoms with E-state index >= 15 is 0 Å². The van der Waals surface area contributed by atoms with Gasteiger partial charge in [0.25, 0.3) is 5.91 Å². The number of benzene rings is 1. The summed E-state index contributed by atoms with van der Waals surface area (Å²) in [6.45, 7) is 4.28. The van der Waals surface area contributed by atoms with E-state index in [0.717, 1.165) is 12.0 Å². The molecule has 0 bridgehead atoms. The molecule has 0 aliphatic carbocycles. The quantitative estimate of drug-likeness (QED) is 0.484. The predicted molar refractivity (Wildman–Crippen MR) is 94.5 cm³/mol. The van der Waals surface area contributed by atoms with Gasteiger partial charge in [-0.25, -0.2) is 5.48 Å². The van der Waals surface area contributed by atoms with Gasteiger partial charge in [-0.1, -0.05) is 36.8 Å². The summed E-state index contributed by atoms with van der Waals surface area (Å²) >= 11 is 0. The first-order chi connectivity index (χ1) is 12.3. The number of aryl methyl sites for hydroxylation is 2. The zero-order chi connectivity index (χ0) is 19.3. The fourth-order valence-corrected chi connectivity index (χ4v) is 3.39. The van der Waals surface area contributed by atoms with E-state index in [1.165, 1.54) is 10.5 Å². The second-order valence-electron chi connectivity index (χ2n) is 7.22. The molecular formula is C19H26N2O5. The van der Waals surface area contributed by atoms with Crippen molar-refractivity contribution in [2.75, 3.05) is 6.54 Å². The normalized spacial score (nSPS) is 20.9. The third-order valence-electron chi connectivity index (χ3n) is 5.19. The van der Waals surface area contributed by atoms with Crippen molar-refractivity contribution in [3.05, 3.63) is 35.4 Å². The smallest absolute Gasteiger partial charge is 0.303 e. The lowest BCUT2D eigenvalue weighted by Gasteiger charge is -2.28. The molecule has 2 rings (SSSR count). The minimum atomic E-state index is -1.05. The van der Waals surface area contributed by atoms with Crippen molar-refractivity contribution in [1.29, 1.82) is 0 Å². The van der Waals surface area contributed by atoms with E-state index in [4.69, 9.17) is 10.3 Å². The molecule has 1 aliphatic rings. The molecule has 1 aliphatic heterocycles. The maximum absolute atomic E-state index is 12.9. The van der Waals surface area contributed by atoms with Crippen molar-refractivity contribution in [2.24, 2.45) is 5.41 Å². The molecule has 26 heavy (non-hydrogen) atoms. The van der Waals surface area contributed by atoms with Crippen LogP contribution in [0.1, 0.15) is 43.7 Å². The van der Waals surface area contributed by atoms with Gasteiger partial charge < -0.3 is 10.0 Å². The maximum atomic E-state index is 12.9. The highest BCUT2D eigenvalue weighted by Gasteiger charge is 2.46. The Kier molecular flexibility index (Phi) is 6.37. The minimum Gasteiger partial charge on any atom is -0.481 e. The van der Waals surface area contributed by atoms with Crippen LogP contribution in [0.5, 0.6) is 0 Å². The van der Waals surface area contributed by atoms with Gasteiger partial charge in [-0.2, -0.15) is 0 Å². The van der Waals surface area contributed by atoms with Gasteiger partial charge in [-0.15, -0.1) is 0 Å². The number of carbonyl (C=O) groups is 3. The van der Waals surface area contributed by atoms with Crippen molar-refractivity contribution in [3.63, 3.8) is 0 Å². The first-order valence-corrected chi connectivity index (χ1v) is 8.79. The van der Waals surface area contributed by atoms with Gasteiger partial charge in [0.05, 0.1) is 0 Å². The van der Waals surface area contributed by atoms with Gasteiger partial charge in [-0.05, 0) is 38.2 Å². The average Bonchev–Trinajstić information content (AvgIpc) is 2.90. The second kappa shape index (κ2) is 8.31. The molecule has 1 fully saturated rings. The van der Waals surface area contributed by atoms with Crippen molar-refractivity contribution in [2.45, 2.75) is 52.0 Å². The summed E-state index contributed by atoms with van der Waals surface area (Å²) in [5.41, 5.74) is 3.29. The van der Waals surface area contributed by atoms with Crippen LogP contribution in [0.2, 0.25) is 0 Å². The Morgan fingerprint density at radius 3 is 2.54 bits per heavy atom. The number of likely N-dealkylation sites (tertiary alicyclic amines) is 1. The number of carboxylic acid groups (broad SMARTS) is 1. The van der Waals surface area contributed by atoms with Gasteiger partial charge in [0, 0.05) is 18.4 Å². The lowest BCUT2D eigenvalue weighted by molar-refractivity contribution is -0.147. The van der Waals surface area contributed by atoms with E-state index in [-0.39, 0.29) is 18.7 Å². The Labute approximate surface area is 153 Å². The number of carbonyl (C=O) groups excluding carboxylic acids is 2. The number of nitrogens with zero attached hydrogens (tertiary/aromatic N) is 1. The number of hydrogen-bond donors (Lipinski definition) is 3. The van der Waals surface area contributed by atoms with Gasteiger partial charge in [0.2, 0.25) is 5.91 Å². The van der Waals surface area contributed by atoms with E-state index in [1.54, 1.807) is 5.48 Å². The zero-order valence-electron chi connectivity index (χ0n) is 15.2. The summed E-state index contributed by atoms with van der Waals surface area (Å²) < 4.78 is 0. The lowest BCUT2D eigenvalue weighted by atomic mass is 9.82. The molecule has 0 aromatic heterocycles. The summed E-state index contributed by atoms with van der Waals surface area (Å²) in [6.07, 6.45) is 1.73. The Morgan fingerprint density at radius 1 is 1.31 bits per heavy atom. The SMILES string of the molecule is Cc1ccc(CCC2(C)CCN(C(CCC(=O)O)C(=O)NO)C2=O)cc1. The van der Waals surface area contributed by atoms with Crippen molar-refractivity contribution >= 4 is 17.8 Å². The Hall–Kier alpha value is -2.41. The number of amides is 2. The molecule has 1 heterocycles. The van der Waals surface area contributed by atoms with Gasteiger partial charge in [0.1, 0.15) is 6.04 Å². The zero-order valence-corrected chi connectivity index (χ0v) is 15.2. The van der Waals surface area contributed by atoms with Crippen LogP contribution in [-0.2, 0) is 20.8 Å². The molecule has 0 spiro atoms. The molecule has 7 nitrogen and oxygen atoms in total. The monoisotopic (exact) mass is 362 g/mol. The van der Waals surface area contributed by atoms with Gasteiger partial charge >= 0.3 is 5.97 Å². The largest absolute Gasteiger partial charge is 0.481 e. The molecule has 1 aromatic carbocycles. The first-order valence-electron chi connectivity index (χ1n) is 8.79. The minimum absolute atomic E-state index is 0.0263. The summed E-state index contributed by atoms with van der Waals surface area (Å²) in [5, 5.41) is 17.8. The van der Waals surface area contributed by atoms with E-state index < -0.39 is 23.3 Å². The topological polar surface area (TPSA) is 107 Å². The number of rotatable bonds is 8. The number of aliphatic carboxylic acids is 1. The Bertz CT molecular complexity index is 673. The third kappa shape index (κ3) is 4.60. The van der Waals surface area contributed by atoms with Crippen LogP contribution in [0.25, 0.3) is 0 Å². The van der Waals surface area contributed by atoms with Crippen molar-refractivity contribution in [1.82, 2.24) is 10.4 Å². The molecule has 3 N–H and O–H groups in total. The average molecular weight is 362 g/mol. The first kappa shape index (κ1) is 19.9. The van der Waals surface area contributed by atoms with Crippen LogP contribution in [0.4, 0.5) is 0 Å². The molecule has 1 aromatic rings. The van der Waals surface area contributed by atoms with Crippen LogP contribution in [0.15, 0.2) is 24.3 Å². The number of hydrogen-bond acceptors (Lipinski definition) is 4. The molecule has 0 saturated carbocycles. The van der Waals surface area contributed by atoms with Crippen LogP contribution in [-0.4, -0.2) is 45.6 Å². The predicted octanol–water partition coefficient (Wildman–Crippen LogP) is 1.91. The highest BCUT2D eigenvalue weighted by atomic mass is 16.5. The molecule has 2 amide bonds. The third-order valence-corrected chi connectivity index (χ3v) is 5.19. The Morgan fingerprint density at radius 2 is 1.96 bits per heavy atom. The summed E-state index contributed by atoms with van der Waals surface area (Å²) in [4.78, 5) is 37.1. The molecule has 2 unspecified atom stereocenters. The van der Waals surface area contributed by atoms with Crippen LogP contribution in [0.3, 0.4) is 0 Å². The maximum Gasteiger partial charge on any atom is 0.303 e. The summed E-state index contributed by atoms with van der Waals surface area (Å²) in [5.74, 6) is -1.96. The van der Waals surface area contributed by atoms with Gasteiger partial charge in [0.15, 0.2) is 0 Å². The highest BCUT2D eigenvalue weighted by molar-refractivity contribution is 5.91. The van der Waals surface area contributed by atoms with Crippen molar-refractivity contribution in [3.8, 4) is 0 Å². The van der Waals surface area contributed by atoms with E-state index in [0.29, 0.717) is 19.4 Å². The summed E-state index contributed by atoms with van der Waals surface area (Å²) in [6, 6.07) is 7.20. The lowest BCUT2D eigenvalue weighted by Crippen LogP contribution is -2.48. The molecular weight excluding hydrogens is 336 g/mol. The standard InChI is InChI=1S/C19H26N2O5/c1-13-3-5-14(6-4-13)9-10-19(2)11-12-21(18(19)25)15(17(24)20-26)7-8-16(22)23/h3-6,15,26H,7-12H2,1-2H3,(H,20,24)(H,22,23). The van der Waals surface area contributed by atoms with Crippen LogP contribution in [0, 0.1) is 12.3 Å². The van der Waals surface area contributed by atoms with Crippen molar-refractivity contribution < 1.29 is 24.7 Å². The fourth-order valence-electron chi connectivity index (χ4n) is 3.39. The summed E-state index contributed by atoms with van der Waals surface area (Å²) in [7, 11) is 0. The number of hydroxylamine groups is 1. The molecule has 142 valence electrons. The molecule has 2 atom stereocenters. The molecule has 0 radical (unpaired) electrons. The van der Waals surface area contributed by atoms with E-state index in [9.17, 15) is 14.4 Å². The number of nitrogens with one attached hydrogen (secondary N) is 1. The number of carboxylic acids is 1. The van der Waals surface area contributed by atoms with E-state index in [2.05, 4.69) is 0 Å². The van der Waals surface area contributed by atoms with E-state index in [1.807, 2.05) is 38.1 Å². The highest BCUT2D eigenvalue weighted by Crippen LogP contribution is 2.37.